The Hall–Kier alpha value is -3.20. The van der Waals surface area contributed by atoms with Crippen molar-refractivity contribution in [3.8, 4) is 17.0 Å². The smallest absolute Gasteiger partial charge is 0.355 e. The van der Waals surface area contributed by atoms with Crippen LogP contribution in [0.3, 0.4) is 0 Å². The van der Waals surface area contributed by atoms with Gasteiger partial charge in [0.25, 0.3) is 5.69 Å². The maximum atomic E-state index is 12.6. The first-order valence-electron chi connectivity index (χ1n) is 8.17. The number of carbonyl (C=O) groups excluding carboxylic acids is 1. The molecule has 2 aromatic carbocycles. The van der Waals surface area contributed by atoms with E-state index in [0.717, 1.165) is 17.0 Å². The zero-order valence-corrected chi connectivity index (χ0v) is 16.9. The molecule has 0 amide bonds. The molecule has 0 spiro atoms. The number of halogens is 1. The van der Waals surface area contributed by atoms with E-state index < -0.39 is 4.92 Å². The molecule has 28 heavy (non-hydrogen) atoms. The fraction of sp³-hybridized carbons (Fsp3) is 0.158. The van der Waals surface area contributed by atoms with Crippen LogP contribution in [0.1, 0.15) is 10.4 Å². The van der Waals surface area contributed by atoms with Gasteiger partial charge in [0.15, 0.2) is 5.78 Å². The molecule has 3 rings (SSSR count). The van der Waals surface area contributed by atoms with Gasteiger partial charge in [-0.05, 0) is 24.3 Å². The Morgan fingerprint density at radius 3 is 2.54 bits per heavy atom. The molecule has 8 nitrogen and oxygen atoms in total. The number of non-ortho nitro benzene ring substituents is 1. The van der Waals surface area contributed by atoms with E-state index in [1.165, 1.54) is 18.2 Å². The van der Waals surface area contributed by atoms with Crippen molar-refractivity contribution < 1.29 is 36.0 Å². The zero-order valence-electron chi connectivity index (χ0n) is 15.3. The molecule has 0 bridgehead atoms. The molecule has 1 heterocycles. The van der Waals surface area contributed by atoms with Crippen LogP contribution >= 0.6 is 0 Å². The van der Waals surface area contributed by atoms with Crippen molar-refractivity contribution in [2.75, 3.05) is 12.8 Å². The van der Waals surface area contributed by atoms with E-state index in [2.05, 4.69) is 0 Å². The molecule has 0 radical (unpaired) electrons. The average Bonchev–Trinajstić information content (AvgIpc) is 2.96. The van der Waals surface area contributed by atoms with Crippen LogP contribution in [0.5, 0.6) is 5.75 Å². The van der Waals surface area contributed by atoms with Crippen molar-refractivity contribution in [3.63, 3.8) is 0 Å². The summed E-state index contributed by atoms with van der Waals surface area (Å²) >= 11 is 0. The first kappa shape index (κ1) is 21.1. The molecule has 0 atom stereocenters. The molecule has 2 N–H and O–H groups in total. The maximum absolute atomic E-state index is 12.6. The topological polar surface area (TPSA) is 104 Å². The summed E-state index contributed by atoms with van der Waals surface area (Å²) < 4.78 is 8.57. The van der Waals surface area contributed by atoms with Crippen LogP contribution < -0.4 is 32.0 Å². The lowest BCUT2D eigenvalue weighted by Gasteiger charge is -2.01. The summed E-state index contributed by atoms with van der Waals surface area (Å²) in [6.07, 6.45) is 1.78. The summed E-state index contributed by atoms with van der Waals surface area (Å²) in [6, 6.07) is 13.2. The number of Topliss-reactive ketones (excluding diaryl/α,β-unsaturated/α-hetero) is 1. The molecule has 0 saturated carbocycles. The molecule has 146 valence electrons. The van der Waals surface area contributed by atoms with Gasteiger partial charge in [-0.1, -0.05) is 12.1 Å². The van der Waals surface area contributed by atoms with E-state index >= 15 is 0 Å². The Balaban J connectivity index is 0.00000280. The van der Waals surface area contributed by atoms with Gasteiger partial charge in [-0.25, -0.2) is 9.13 Å². The van der Waals surface area contributed by atoms with Crippen molar-refractivity contribution in [2.45, 2.75) is 6.54 Å². The summed E-state index contributed by atoms with van der Waals surface area (Å²) in [5.41, 5.74) is 8.05. The second kappa shape index (κ2) is 8.66. The van der Waals surface area contributed by atoms with E-state index in [4.69, 9.17) is 10.5 Å². The van der Waals surface area contributed by atoms with E-state index in [1.54, 1.807) is 28.5 Å². The molecule has 0 aliphatic carbocycles. The molecule has 1 aromatic heterocycles. The van der Waals surface area contributed by atoms with Crippen LogP contribution in [0, 0.1) is 10.1 Å². The molecular formula is C19H19BrN4O4. The second-order valence-corrected chi connectivity index (χ2v) is 6.02. The third kappa shape index (κ3) is 4.20. The number of methoxy groups -OCH3 is 1. The summed E-state index contributed by atoms with van der Waals surface area (Å²) in [5, 5.41) is 10.9. The van der Waals surface area contributed by atoms with Gasteiger partial charge in [0, 0.05) is 23.3 Å². The van der Waals surface area contributed by atoms with Gasteiger partial charge in [-0.15, -0.1) is 0 Å². The van der Waals surface area contributed by atoms with Crippen LogP contribution in [0.4, 0.5) is 11.6 Å². The van der Waals surface area contributed by atoms with Crippen molar-refractivity contribution in [1.29, 1.82) is 0 Å². The minimum Gasteiger partial charge on any atom is -1.00 e. The molecule has 0 unspecified atom stereocenters. The van der Waals surface area contributed by atoms with Crippen LogP contribution in [0.25, 0.3) is 11.3 Å². The Kier molecular flexibility index (Phi) is 6.53. The first-order valence-corrected chi connectivity index (χ1v) is 8.17. The Bertz CT molecular complexity index is 1020. The Morgan fingerprint density at radius 1 is 1.25 bits per heavy atom. The predicted molar refractivity (Wildman–Crippen MR) is 99.4 cm³/mol. The number of ether oxygens (including phenoxy) is 1. The first-order chi connectivity index (χ1) is 12.9. The number of nitrogens with zero attached hydrogens (tertiary/aromatic N) is 3. The average molecular weight is 447 g/mol. The number of nitrogen functional groups attached to an aromatic ring is 1. The third-order valence-corrected chi connectivity index (χ3v) is 4.36. The Morgan fingerprint density at radius 2 is 1.93 bits per heavy atom. The molecule has 9 heteroatoms. The quantitative estimate of drug-likeness (QED) is 0.235. The van der Waals surface area contributed by atoms with Gasteiger partial charge in [-0.3, -0.25) is 20.6 Å². The van der Waals surface area contributed by atoms with Crippen LogP contribution in [0.2, 0.25) is 0 Å². The lowest BCUT2D eigenvalue weighted by atomic mass is 10.1. The van der Waals surface area contributed by atoms with Gasteiger partial charge in [0.05, 0.1) is 19.1 Å². The molecule has 3 aromatic rings. The highest BCUT2D eigenvalue weighted by molar-refractivity contribution is 5.95. The van der Waals surface area contributed by atoms with E-state index in [1.807, 2.05) is 31.3 Å². The van der Waals surface area contributed by atoms with Gasteiger partial charge in [0.1, 0.15) is 24.2 Å². The molecule has 0 saturated heterocycles. The number of rotatable bonds is 6. The minimum absolute atomic E-state index is 0. The highest BCUT2D eigenvalue weighted by atomic mass is 79.9. The number of hydrogen-bond donors (Lipinski definition) is 1. The zero-order chi connectivity index (χ0) is 19.6. The van der Waals surface area contributed by atoms with Crippen molar-refractivity contribution in [3.05, 3.63) is 70.4 Å². The van der Waals surface area contributed by atoms with E-state index in [0.29, 0.717) is 5.95 Å². The standard InChI is InChI=1S/C19H18N4O4.BrH/c1-21-17(13-6-8-16(27-2)9-7-13)11-22(19(21)20)12-18(24)14-4-3-5-15(10-14)23(25)26;/h3-11,20H,12H2,1-2H3;1H. The van der Waals surface area contributed by atoms with Crippen molar-refractivity contribution in [1.82, 2.24) is 4.57 Å². The van der Waals surface area contributed by atoms with Crippen molar-refractivity contribution in [2.24, 2.45) is 7.05 Å². The molecular weight excluding hydrogens is 428 g/mol. The summed E-state index contributed by atoms with van der Waals surface area (Å²) in [4.78, 5) is 22.9. The molecule has 0 fully saturated rings. The normalized spacial score (nSPS) is 10.2. The number of nitrogens with two attached hydrogens (primary N) is 1. The lowest BCUT2D eigenvalue weighted by molar-refractivity contribution is -0.667. The highest BCUT2D eigenvalue weighted by Crippen LogP contribution is 2.23. The molecule has 0 aliphatic rings. The van der Waals surface area contributed by atoms with Crippen LogP contribution in [-0.2, 0) is 13.6 Å². The number of ketones is 1. The number of anilines is 1. The fourth-order valence-corrected chi connectivity index (χ4v) is 2.81. The number of nitro benzene ring substituents is 1. The number of imidazole rings is 1. The highest BCUT2D eigenvalue weighted by Gasteiger charge is 2.21. The number of aromatic nitrogens is 2. The van der Waals surface area contributed by atoms with Gasteiger partial charge in [0.2, 0.25) is 0 Å². The van der Waals surface area contributed by atoms with Gasteiger partial charge >= 0.3 is 5.95 Å². The number of carbonyl (C=O) groups is 1. The summed E-state index contributed by atoms with van der Waals surface area (Å²) in [6.45, 7) is -0.0169. The van der Waals surface area contributed by atoms with Gasteiger partial charge in [-0.2, -0.15) is 0 Å². The molecule has 0 aliphatic heterocycles. The summed E-state index contributed by atoms with van der Waals surface area (Å²) in [5.74, 6) is 0.886. The fourth-order valence-electron chi connectivity index (χ4n) is 2.81. The monoisotopic (exact) mass is 446 g/mol. The van der Waals surface area contributed by atoms with Gasteiger partial charge < -0.3 is 21.7 Å². The Labute approximate surface area is 172 Å². The van der Waals surface area contributed by atoms with E-state index in [9.17, 15) is 14.9 Å². The van der Waals surface area contributed by atoms with Crippen molar-refractivity contribution >= 4 is 17.4 Å². The minimum atomic E-state index is -0.525. The predicted octanol–water partition coefficient (Wildman–Crippen LogP) is -0.634. The lowest BCUT2D eigenvalue weighted by Crippen LogP contribution is -3.00. The number of benzene rings is 2. The SMILES string of the molecule is COc1ccc(-c2c[n+](CC(=O)c3cccc([N+](=O)[O-])c3)c(N)n2C)cc1.[Br-]. The van der Waals surface area contributed by atoms with Crippen LogP contribution in [-0.4, -0.2) is 22.4 Å². The largest absolute Gasteiger partial charge is 1.00 e. The summed E-state index contributed by atoms with van der Waals surface area (Å²) in [7, 11) is 3.41. The third-order valence-electron chi connectivity index (χ3n) is 4.36. The van der Waals surface area contributed by atoms with Crippen LogP contribution in [0.15, 0.2) is 54.7 Å². The van der Waals surface area contributed by atoms with E-state index in [-0.39, 0.29) is 40.6 Å². The maximum Gasteiger partial charge on any atom is 0.355 e. The number of nitro groups is 1. The number of hydrogen-bond acceptors (Lipinski definition) is 5. The second-order valence-electron chi connectivity index (χ2n) is 6.02.